The molecule has 0 unspecified atom stereocenters. The molecule has 0 saturated heterocycles. The summed E-state index contributed by atoms with van der Waals surface area (Å²) < 4.78 is 0. The Bertz CT molecular complexity index is 613. The van der Waals surface area contributed by atoms with Crippen LogP contribution in [0.25, 0.3) is 0 Å². The molecule has 1 aliphatic carbocycles. The van der Waals surface area contributed by atoms with Gasteiger partial charge >= 0.3 is 12.0 Å². The van der Waals surface area contributed by atoms with Crippen LogP contribution in [0.3, 0.4) is 0 Å². The van der Waals surface area contributed by atoms with E-state index in [2.05, 4.69) is 16.0 Å². The lowest BCUT2D eigenvalue weighted by molar-refractivity contribution is -0.141. The SMILES string of the molecule is CC(C)NC(=O)Nc1ccc(C(=O)N[C@@H]2CC[C@H](C(=O)O)C2)cc1. The van der Waals surface area contributed by atoms with Gasteiger partial charge < -0.3 is 21.1 Å². The Morgan fingerprint density at radius 3 is 2.33 bits per heavy atom. The predicted octanol–water partition coefficient (Wildman–Crippen LogP) is 2.20. The minimum absolute atomic E-state index is 0.0380. The summed E-state index contributed by atoms with van der Waals surface area (Å²) in [7, 11) is 0. The molecule has 24 heavy (non-hydrogen) atoms. The van der Waals surface area contributed by atoms with Crippen molar-refractivity contribution < 1.29 is 19.5 Å². The lowest BCUT2D eigenvalue weighted by Gasteiger charge is -2.13. The predicted molar refractivity (Wildman–Crippen MR) is 90.0 cm³/mol. The number of carbonyl (C=O) groups excluding carboxylic acids is 2. The molecule has 0 heterocycles. The van der Waals surface area contributed by atoms with Gasteiger partial charge in [0.25, 0.3) is 5.91 Å². The van der Waals surface area contributed by atoms with Gasteiger partial charge in [-0.05, 0) is 57.4 Å². The maximum Gasteiger partial charge on any atom is 0.319 e. The highest BCUT2D eigenvalue weighted by Gasteiger charge is 2.30. The molecule has 0 aromatic heterocycles. The summed E-state index contributed by atoms with van der Waals surface area (Å²) >= 11 is 0. The van der Waals surface area contributed by atoms with Crippen molar-refractivity contribution in [3.8, 4) is 0 Å². The Balaban J connectivity index is 1.87. The van der Waals surface area contributed by atoms with Crippen LogP contribution in [0.2, 0.25) is 0 Å². The molecule has 1 saturated carbocycles. The molecule has 0 spiro atoms. The van der Waals surface area contributed by atoms with Crippen molar-refractivity contribution in [2.45, 2.75) is 45.2 Å². The molecule has 1 fully saturated rings. The maximum atomic E-state index is 12.2. The first kappa shape index (κ1) is 17.8. The van der Waals surface area contributed by atoms with E-state index in [1.165, 1.54) is 0 Å². The van der Waals surface area contributed by atoms with Crippen LogP contribution in [0.1, 0.15) is 43.5 Å². The number of benzene rings is 1. The molecule has 1 aromatic carbocycles. The maximum absolute atomic E-state index is 12.2. The third-order valence-corrected chi connectivity index (χ3v) is 3.94. The topological polar surface area (TPSA) is 108 Å². The van der Waals surface area contributed by atoms with E-state index in [0.29, 0.717) is 30.5 Å². The number of hydrogen-bond donors (Lipinski definition) is 4. The molecule has 2 atom stereocenters. The first-order chi connectivity index (χ1) is 11.3. The van der Waals surface area contributed by atoms with Gasteiger partial charge in [0.05, 0.1) is 5.92 Å². The highest BCUT2D eigenvalue weighted by Crippen LogP contribution is 2.26. The fraction of sp³-hybridized carbons (Fsp3) is 0.471. The van der Waals surface area contributed by atoms with Crippen LogP contribution < -0.4 is 16.0 Å². The zero-order valence-corrected chi connectivity index (χ0v) is 13.8. The van der Waals surface area contributed by atoms with Crippen molar-refractivity contribution in [1.29, 1.82) is 0 Å². The largest absolute Gasteiger partial charge is 0.481 e. The normalized spacial score (nSPS) is 19.8. The molecular formula is C17H23N3O4. The third-order valence-electron chi connectivity index (χ3n) is 3.94. The lowest BCUT2D eigenvalue weighted by Crippen LogP contribution is -2.34. The highest BCUT2D eigenvalue weighted by atomic mass is 16.4. The van der Waals surface area contributed by atoms with E-state index < -0.39 is 5.97 Å². The molecule has 4 N–H and O–H groups in total. The second kappa shape index (κ2) is 7.81. The van der Waals surface area contributed by atoms with Gasteiger partial charge in [-0.3, -0.25) is 9.59 Å². The molecule has 1 aliphatic rings. The number of nitrogens with one attached hydrogen (secondary N) is 3. The number of anilines is 1. The number of aliphatic carboxylic acids is 1. The van der Waals surface area contributed by atoms with Crippen molar-refractivity contribution in [1.82, 2.24) is 10.6 Å². The average molecular weight is 333 g/mol. The molecule has 2 rings (SSSR count). The Morgan fingerprint density at radius 1 is 1.12 bits per heavy atom. The third kappa shape index (κ3) is 4.97. The van der Waals surface area contributed by atoms with Gasteiger partial charge in [0.2, 0.25) is 0 Å². The smallest absolute Gasteiger partial charge is 0.319 e. The zero-order chi connectivity index (χ0) is 17.7. The van der Waals surface area contributed by atoms with Crippen LogP contribution >= 0.6 is 0 Å². The molecule has 130 valence electrons. The molecule has 7 heteroatoms. The molecule has 7 nitrogen and oxygen atoms in total. The monoisotopic (exact) mass is 333 g/mol. The van der Waals surface area contributed by atoms with Crippen LogP contribution in [0.15, 0.2) is 24.3 Å². The molecule has 1 aromatic rings. The Kier molecular flexibility index (Phi) is 5.78. The number of amides is 3. The number of rotatable bonds is 5. The van der Waals surface area contributed by atoms with E-state index in [1.807, 2.05) is 13.8 Å². The lowest BCUT2D eigenvalue weighted by atomic mass is 10.1. The molecule has 0 aliphatic heterocycles. The molecule has 0 bridgehead atoms. The number of carboxylic acid groups (broad SMARTS) is 1. The summed E-state index contributed by atoms with van der Waals surface area (Å²) in [5.74, 6) is -1.41. The summed E-state index contributed by atoms with van der Waals surface area (Å²) in [4.78, 5) is 34.7. The molecule has 3 amide bonds. The van der Waals surface area contributed by atoms with Crippen LogP contribution in [0, 0.1) is 5.92 Å². The highest BCUT2D eigenvalue weighted by molar-refractivity contribution is 5.95. The first-order valence-corrected chi connectivity index (χ1v) is 8.06. The second-order valence-corrected chi connectivity index (χ2v) is 6.35. The summed E-state index contributed by atoms with van der Waals surface area (Å²) in [5.41, 5.74) is 1.07. The molecule has 0 radical (unpaired) electrons. The Morgan fingerprint density at radius 2 is 1.79 bits per heavy atom. The van der Waals surface area contributed by atoms with Gasteiger partial charge in [-0.1, -0.05) is 0 Å². The van der Waals surface area contributed by atoms with E-state index >= 15 is 0 Å². The van der Waals surface area contributed by atoms with E-state index in [9.17, 15) is 14.4 Å². The van der Waals surface area contributed by atoms with Gasteiger partial charge in [-0.2, -0.15) is 0 Å². The Labute approximate surface area is 140 Å². The first-order valence-electron chi connectivity index (χ1n) is 8.06. The van der Waals surface area contributed by atoms with Crippen molar-refractivity contribution in [2.75, 3.05) is 5.32 Å². The summed E-state index contributed by atoms with van der Waals surface area (Å²) in [5, 5.41) is 17.2. The van der Waals surface area contributed by atoms with Crippen LogP contribution in [0.5, 0.6) is 0 Å². The van der Waals surface area contributed by atoms with Gasteiger partial charge in [0.15, 0.2) is 0 Å². The number of urea groups is 1. The van der Waals surface area contributed by atoms with Crippen LogP contribution in [-0.4, -0.2) is 35.1 Å². The van der Waals surface area contributed by atoms with Crippen LogP contribution in [0.4, 0.5) is 10.5 Å². The van der Waals surface area contributed by atoms with Gasteiger partial charge in [-0.25, -0.2) is 4.79 Å². The van der Waals surface area contributed by atoms with E-state index in [-0.39, 0.29) is 29.9 Å². The van der Waals surface area contributed by atoms with E-state index in [0.717, 1.165) is 0 Å². The van der Waals surface area contributed by atoms with Crippen molar-refractivity contribution in [3.63, 3.8) is 0 Å². The number of carbonyl (C=O) groups is 3. The zero-order valence-electron chi connectivity index (χ0n) is 13.8. The fourth-order valence-electron chi connectivity index (χ4n) is 2.74. The molecular weight excluding hydrogens is 310 g/mol. The minimum Gasteiger partial charge on any atom is -0.481 e. The van der Waals surface area contributed by atoms with Gasteiger partial charge in [0.1, 0.15) is 0 Å². The van der Waals surface area contributed by atoms with E-state index in [1.54, 1.807) is 24.3 Å². The second-order valence-electron chi connectivity index (χ2n) is 6.35. The summed E-state index contributed by atoms with van der Waals surface area (Å²) in [6, 6.07) is 6.21. The fourth-order valence-corrected chi connectivity index (χ4v) is 2.74. The Hall–Kier alpha value is -2.57. The van der Waals surface area contributed by atoms with Gasteiger partial charge in [-0.15, -0.1) is 0 Å². The van der Waals surface area contributed by atoms with Crippen LogP contribution in [-0.2, 0) is 4.79 Å². The average Bonchev–Trinajstić information content (AvgIpc) is 2.95. The van der Waals surface area contributed by atoms with Crippen molar-refractivity contribution >= 4 is 23.6 Å². The standard InChI is InChI=1S/C17H23N3O4/c1-10(2)18-17(24)20-13-6-3-11(4-7-13)15(21)19-14-8-5-12(9-14)16(22)23/h3-4,6-7,10,12,14H,5,8-9H2,1-2H3,(H,19,21)(H,22,23)(H2,18,20,24)/t12-,14+/m0/s1. The quantitative estimate of drug-likeness (QED) is 0.662. The minimum atomic E-state index is -0.804. The van der Waals surface area contributed by atoms with Gasteiger partial charge in [0, 0.05) is 23.3 Å². The van der Waals surface area contributed by atoms with E-state index in [4.69, 9.17) is 5.11 Å². The summed E-state index contributed by atoms with van der Waals surface area (Å²) in [6.07, 6.45) is 1.74. The van der Waals surface area contributed by atoms with Crippen molar-refractivity contribution in [2.24, 2.45) is 5.92 Å². The number of hydrogen-bond acceptors (Lipinski definition) is 3. The van der Waals surface area contributed by atoms with Crippen molar-refractivity contribution in [3.05, 3.63) is 29.8 Å². The number of carboxylic acids is 1. The summed E-state index contributed by atoms with van der Waals surface area (Å²) in [6.45, 7) is 3.73.